The van der Waals surface area contributed by atoms with Gasteiger partial charge in [-0.3, -0.25) is 10.1 Å². The highest BCUT2D eigenvalue weighted by Crippen LogP contribution is 2.46. The lowest BCUT2D eigenvalue weighted by atomic mass is 9.79. The van der Waals surface area contributed by atoms with Crippen LogP contribution in [0.3, 0.4) is 0 Å². The molecule has 0 spiro atoms. The van der Waals surface area contributed by atoms with Gasteiger partial charge in [0.1, 0.15) is 0 Å². The van der Waals surface area contributed by atoms with Gasteiger partial charge in [0.15, 0.2) is 0 Å². The Morgan fingerprint density at radius 1 is 0.936 bits per heavy atom. The van der Waals surface area contributed by atoms with Gasteiger partial charge in [0.05, 0.1) is 36.2 Å². The molecule has 9 nitrogen and oxygen atoms in total. The van der Waals surface area contributed by atoms with Crippen molar-refractivity contribution in [1.29, 1.82) is 0 Å². The second kappa shape index (κ2) is 16.6. The molecule has 0 bridgehead atoms. The van der Waals surface area contributed by atoms with Crippen molar-refractivity contribution in [3.63, 3.8) is 0 Å². The normalized spacial score (nSPS) is 14.7. The van der Waals surface area contributed by atoms with E-state index in [0.717, 1.165) is 18.0 Å². The second-order valence-corrected chi connectivity index (χ2v) is 12.4. The molecule has 0 aromatic heterocycles. The van der Waals surface area contributed by atoms with E-state index >= 15 is 0 Å². The number of nitro benzene ring substituents is 1. The van der Waals surface area contributed by atoms with Crippen molar-refractivity contribution >= 4 is 59.0 Å². The van der Waals surface area contributed by atoms with Crippen molar-refractivity contribution in [2.45, 2.75) is 36.0 Å². The van der Waals surface area contributed by atoms with Crippen LogP contribution in [0.15, 0.2) is 105 Å². The number of rotatable bonds is 7. The number of dihydropyridines is 1. The molecule has 0 unspecified atom stereocenters. The minimum absolute atomic E-state index is 0. The van der Waals surface area contributed by atoms with Crippen molar-refractivity contribution in [3.8, 4) is 0 Å². The molecule has 248 valence electrons. The van der Waals surface area contributed by atoms with E-state index in [4.69, 9.17) is 21.1 Å². The van der Waals surface area contributed by atoms with Gasteiger partial charge < -0.3 is 19.7 Å². The first-order chi connectivity index (χ1) is 22.0. The topological polar surface area (TPSA) is 111 Å². The lowest BCUT2D eigenvalue weighted by molar-refractivity contribution is -0.385. The standard InChI is InChI=1S/C18H18ClNS.C17H18N2O6.ClH/c1-20(2)11-5-7-14-15-6-3-4-8-17(15)21-18-10-9-13(19)12-16(14)18;1-9-13(16(20)24-3)15(14(10(2)18-9)17(21)25-4)11-7-5-6-8-12(11)19(22)23;/h3-4,6-10,12H,5,11H2,1-2H3;5-8,15,18H,1-4H3;1H. The molecule has 12 heteroatoms. The average Bonchev–Trinajstić information content (AvgIpc) is 3.03. The van der Waals surface area contributed by atoms with E-state index in [-0.39, 0.29) is 34.8 Å². The van der Waals surface area contributed by atoms with E-state index < -0.39 is 22.8 Å². The second-order valence-electron chi connectivity index (χ2n) is 10.9. The molecule has 0 aliphatic carbocycles. The number of nitro groups is 1. The van der Waals surface area contributed by atoms with E-state index in [9.17, 15) is 19.7 Å². The van der Waals surface area contributed by atoms with E-state index in [1.807, 2.05) is 17.8 Å². The molecule has 0 saturated carbocycles. The number of carbonyl (C=O) groups is 2. The molecule has 47 heavy (non-hydrogen) atoms. The number of nitrogens with zero attached hydrogens (tertiary/aromatic N) is 2. The summed E-state index contributed by atoms with van der Waals surface area (Å²) in [5, 5.41) is 15.2. The number of hydrogen-bond donors (Lipinski definition) is 1. The molecular weight excluding hydrogens is 661 g/mol. The third-order valence-corrected chi connectivity index (χ3v) is 8.96. The molecule has 0 fully saturated rings. The maximum Gasteiger partial charge on any atom is 0.336 e. The summed E-state index contributed by atoms with van der Waals surface area (Å²) in [5.74, 6) is -2.33. The van der Waals surface area contributed by atoms with Crippen molar-refractivity contribution in [3.05, 3.63) is 127 Å². The van der Waals surface area contributed by atoms with Crippen molar-refractivity contribution < 1.29 is 24.0 Å². The van der Waals surface area contributed by atoms with Gasteiger partial charge in [-0.25, -0.2) is 9.59 Å². The van der Waals surface area contributed by atoms with Crippen LogP contribution in [-0.2, 0) is 19.1 Å². The summed E-state index contributed by atoms with van der Waals surface area (Å²) in [5.41, 5.74) is 5.07. The lowest BCUT2D eigenvalue weighted by Gasteiger charge is -2.29. The fraction of sp³-hybridized carbons (Fsp3) is 0.257. The molecule has 1 N–H and O–H groups in total. The molecule has 0 radical (unpaired) electrons. The summed E-state index contributed by atoms with van der Waals surface area (Å²) in [7, 11) is 6.63. The maximum atomic E-state index is 12.3. The first-order valence-electron chi connectivity index (χ1n) is 14.5. The Kier molecular flexibility index (Phi) is 13.2. The molecule has 3 aromatic carbocycles. The number of halogens is 2. The van der Waals surface area contributed by atoms with Gasteiger partial charge in [-0.1, -0.05) is 65.8 Å². The number of esters is 2. The summed E-state index contributed by atoms with van der Waals surface area (Å²) in [4.78, 5) is 40.4. The Labute approximate surface area is 290 Å². The minimum Gasteiger partial charge on any atom is -0.466 e. The van der Waals surface area contributed by atoms with Gasteiger partial charge in [-0.05, 0) is 75.3 Å². The maximum absolute atomic E-state index is 12.3. The van der Waals surface area contributed by atoms with E-state index in [1.54, 1.807) is 19.9 Å². The highest BCUT2D eigenvalue weighted by molar-refractivity contribution is 7.99. The number of hydrogen-bond acceptors (Lipinski definition) is 9. The molecule has 0 saturated heterocycles. The van der Waals surface area contributed by atoms with Crippen LogP contribution in [0.4, 0.5) is 5.69 Å². The zero-order valence-corrected chi connectivity index (χ0v) is 29.3. The molecule has 0 amide bonds. The van der Waals surface area contributed by atoms with Crippen molar-refractivity contribution in [2.75, 3.05) is 34.9 Å². The smallest absolute Gasteiger partial charge is 0.336 e. The number of carbonyl (C=O) groups excluding carboxylic acids is 2. The quantitative estimate of drug-likeness (QED) is 0.118. The fourth-order valence-electron chi connectivity index (χ4n) is 5.49. The van der Waals surface area contributed by atoms with Gasteiger partial charge in [0, 0.05) is 44.4 Å². The highest BCUT2D eigenvalue weighted by Gasteiger charge is 2.40. The third-order valence-electron chi connectivity index (χ3n) is 7.57. The van der Waals surface area contributed by atoms with Crippen LogP contribution in [-0.4, -0.2) is 56.6 Å². The highest BCUT2D eigenvalue weighted by atomic mass is 35.5. The molecule has 2 heterocycles. The Morgan fingerprint density at radius 2 is 1.51 bits per heavy atom. The van der Waals surface area contributed by atoms with Crippen LogP contribution >= 0.6 is 35.8 Å². The van der Waals surface area contributed by atoms with Gasteiger partial charge in [0.2, 0.25) is 0 Å². The van der Waals surface area contributed by atoms with E-state index in [2.05, 4.69) is 66.8 Å². The van der Waals surface area contributed by atoms with Gasteiger partial charge >= 0.3 is 11.9 Å². The van der Waals surface area contributed by atoms with Crippen LogP contribution in [0.1, 0.15) is 42.9 Å². The molecule has 2 aliphatic heterocycles. The van der Waals surface area contributed by atoms with E-state index in [0.29, 0.717) is 11.4 Å². The molecule has 5 rings (SSSR count). The fourth-order valence-corrected chi connectivity index (χ4v) is 6.75. The number of methoxy groups -OCH3 is 2. The lowest BCUT2D eigenvalue weighted by Crippen LogP contribution is -2.32. The van der Waals surface area contributed by atoms with Gasteiger partial charge in [-0.15, -0.1) is 12.4 Å². The number of ether oxygens (including phenoxy) is 2. The molecular formula is C35H37Cl2N3O6S. The summed E-state index contributed by atoms with van der Waals surface area (Å²) < 4.78 is 9.66. The summed E-state index contributed by atoms with van der Waals surface area (Å²) in [6.07, 6.45) is 3.38. The number of nitrogens with one attached hydrogen (secondary N) is 1. The molecule has 3 aromatic rings. The molecule has 2 aliphatic rings. The summed E-state index contributed by atoms with van der Waals surface area (Å²) in [6.45, 7) is 4.34. The van der Waals surface area contributed by atoms with E-state index in [1.165, 1.54) is 58.9 Å². The third kappa shape index (κ3) is 8.44. The number of para-hydroxylation sites is 1. The number of fused-ring (bicyclic) bond motifs is 2. The molecule has 0 atom stereocenters. The SMILES string of the molecule is CN(C)CCC=C1c2ccccc2Sc2ccc(Cl)cc21.COC(=O)C1=C(C)NC(C)=C(C(=O)OC)C1c1ccccc1[N+](=O)[O-].Cl. The predicted octanol–water partition coefficient (Wildman–Crippen LogP) is 7.79. The van der Waals surface area contributed by atoms with Crippen molar-refractivity contribution in [2.24, 2.45) is 0 Å². The number of benzene rings is 3. The zero-order chi connectivity index (χ0) is 33.5. The Hall–Kier alpha value is -4.09. The largest absolute Gasteiger partial charge is 0.466 e. The Balaban J connectivity index is 0.000000253. The van der Waals surface area contributed by atoms with Gasteiger partial charge in [-0.2, -0.15) is 0 Å². The number of allylic oxidation sites excluding steroid dienone is 2. The first kappa shape index (κ1) is 37.4. The van der Waals surface area contributed by atoms with Gasteiger partial charge in [0.25, 0.3) is 5.69 Å². The average molecular weight is 699 g/mol. The van der Waals surface area contributed by atoms with Crippen LogP contribution in [0.5, 0.6) is 0 Å². The minimum atomic E-state index is -0.970. The summed E-state index contributed by atoms with van der Waals surface area (Å²) in [6, 6.07) is 20.7. The summed E-state index contributed by atoms with van der Waals surface area (Å²) >= 11 is 8.03. The monoisotopic (exact) mass is 697 g/mol. The first-order valence-corrected chi connectivity index (χ1v) is 15.7. The van der Waals surface area contributed by atoms with Crippen molar-refractivity contribution in [1.82, 2.24) is 10.2 Å². The zero-order valence-electron chi connectivity index (χ0n) is 27.0. The predicted molar refractivity (Wildman–Crippen MR) is 188 cm³/mol. The van der Waals surface area contributed by atoms with Crippen LogP contribution in [0.2, 0.25) is 5.02 Å². The Morgan fingerprint density at radius 3 is 2.11 bits per heavy atom. The van der Waals surface area contributed by atoms with Crippen LogP contribution in [0.25, 0.3) is 5.57 Å². The Bertz CT molecular complexity index is 1730. The van der Waals surface area contributed by atoms with Crippen LogP contribution in [0, 0.1) is 10.1 Å². The van der Waals surface area contributed by atoms with Crippen LogP contribution < -0.4 is 5.32 Å².